The number of hydrogen-bond donors (Lipinski definition) is 1. The third kappa shape index (κ3) is 0.463. The second-order valence-electron chi connectivity index (χ2n) is 0.834. The number of aromatic amines is 1. The first-order chi connectivity index (χ1) is 2.89. The molecule has 32 valence electrons. The number of nitrogens with two attached hydrogens (primary N) is 1. The summed E-state index contributed by atoms with van der Waals surface area (Å²) in [5.74, 6) is 0. The van der Waals surface area contributed by atoms with Crippen LogP contribution < -0.4 is 10.7 Å². The number of anilines is 1. The van der Waals surface area contributed by atoms with Crippen molar-refractivity contribution < 1.29 is 4.98 Å². The van der Waals surface area contributed by atoms with Crippen LogP contribution >= 0.6 is 11.5 Å². The second-order valence-corrected chi connectivity index (χ2v) is 1.67. The highest BCUT2D eigenvalue weighted by Crippen LogP contribution is 1.90. The van der Waals surface area contributed by atoms with E-state index in [9.17, 15) is 0 Å². The monoisotopic (exact) mass is 102 g/mol. The fourth-order valence-corrected chi connectivity index (χ4v) is 0.524. The van der Waals surface area contributed by atoms with E-state index in [1.54, 1.807) is 6.33 Å². The van der Waals surface area contributed by atoms with E-state index in [0.29, 0.717) is 5.13 Å². The Morgan fingerprint density at radius 2 is 2.83 bits per heavy atom. The summed E-state index contributed by atoms with van der Waals surface area (Å²) >= 11 is 1.25. The summed E-state index contributed by atoms with van der Waals surface area (Å²) in [6.07, 6.45) is 1.56. The molecule has 0 aromatic carbocycles. The Hall–Kier alpha value is -0.640. The molecule has 0 fully saturated rings. The van der Waals surface area contributed by atoms with Crippen molar-refractivity contribution in [1.29, 1.82) is 0 Å². The highest BCUT2D eigenvalue weighted by Gasteiger charge is 1.87. The molecular weight excluding hydrogens is 98.1 g/mol. The highest BCUT2D eigenvalue weighted by atomic mass is 32.1. The van der Waals surface area contributed by atoms with E-state index in [1.807, 2.05) is 0 Å². The lowest BCUT2D eigenvalue weighted by atomic mass is 11.2. The topological polar surface area (TPSA) is 53.0 Å². The Labute approximate surface area is 39.0 Å². The smallest absolute Gasteiger partial charge is 0.307 e. The molecule has 3 N–H and O–H groups in total. The van der Waals surface area contributed by atoms with Gasteiger partial charge >= 0.3 is 5.13 Å². The van der Waals surface area contributed by atoms with Gasteiger partial charge in [0.2, 0.25) is 6.33 Å². The molecule has 0 aliphatic rings. The molecule has 1 heterocycles. The number of H-pyrrole nitrogens is 1. The molecule has 1 rings (SSSR count). The molecule has 0 bridgehead atoms. The maximum absolute atomic E-state index is 5.18. The molecule has 0 atom stereocenters. The van der Waals surface area contributed by atoms with Gasteiger partial charge in [0.25, 0.3) is 0 Å². The number of nitrogens with zero attached hydrogens (tertiary/aromatic N) is 1. The van der Waals surface area contributed by atoms with Gasteiger partial charge in [0.05, 0.1) is 0 Å². The zero-order valence-electron chi connectivity index (χ0n) is 3.01. The van der Waals surface area contributed by atoms with Gasteiger partial charge in [0.1, 0.15) is 11.5 Å². The van der Waals surface area contributed by atoms with Crippen LogP contribution in [0.2, 0.25) is 0 Å². The van der Waals surface area contributed by atoms with Crippen LogP contribution in [-0.4, -0.2) is 4.37 Å². The number of nitrogens with one attached hydrogen (secondary N) is 1. The SMILES string of the molecule is Nc1[nH+]cns1. The molecule has 3 nitrogen and oxygen atoms in total. The van der Waals surface area contributed by atoms with E-state index in [0.717, 1.165) is 0 Å². The minimum Gasteiger partial charge on any atom is -0.307 e. The summed E-state index contributed by atoms with van der Waals surface area (Å²) in [6.45, 7) is 0. The van der Waals surface area contributed by atoms with Crippen LogP contribution in [0.25, 0.3) is 0 Å². The molecule has 0 saturated heterocycles. The summed E-state index contributed by atoms with van der Waals surface area (Å²) in [5, 5.41) is 0.648. The molecule has 1 aromatic rings. The summed E-state index contributed by atoms with van der Waals surface area (Å²) in [6, 6.07) is 0. The van der Waals surface area contributed by atoms with Gasteiger partial charge in [0, 0.05) is 0 Å². The first-order valence-electron chi connectivity index (χ1n) is 1.47. The predicted octanol–water partition coefficient (Wildman–Crippen LogP) is -0.461. The minimum atomic E-state index is 0.648. The van der Waals surface area contributed by atoms with Crippen molar-refractivity contribution in [2.45, 2.75) is 0 Å². The third-order valence-corrected chi connectivity index (χ3v) is 0.936. The maximum atomic E-state index is 5.18. The number of hydrogen-bond acceptors (Lipinski definition) is 3. The van der Waals surface area contributed by atoms with Crippen LogP contribution in [0.15, 0.2) is 6.33 Å². The van der Waals surface area contributed by atoms with Crippen LogP contribution in [0.3, 0.4) is 0 Å². The quantitative estimate of drug-likeness (QED) is 0.482. The Morgan fingerprint density at radius 1 is 2.00 bits per heavy atom. The summed E-state index contributed by atoms with van der Waals surface area (Å²) < 4.78 is 3.68. The number of rotatable bonds is 0. The average molecular weight is 102 g/mol. The lowest BCUT2D eigenvalue weighted by Gasteiger charge is -1.57. The fourth-order valence-electron chi connectivity index (χ4n) is 0.199. The standard InChI is InChI=1S/C2H3N3S/c3-2-4-1-5-6-2/h1H,(H2,3,4,5)/p+1. The molecule has 4 heteroatoms. The molecule has 0 aliphatic heterocycles. The van der Waals surface area contributed by atoms with E-state index >= 15 is 0 Å². The average Bonchev–Trinajstić information content (AvgIpc) is 1.86. The Morgan fingerprint density at radius 3 is 3.00 bits per heavy atom. The lowest BCUT2D eigenvalue weighted by molar-refractivity contribution is -0.357. The van der Waals surface area contributed by atoms with E-state index in [1.165, 1.54) is 11.5 Å². The largest absolute Gasteiger partial charge is 0.308 e. The molecule has 0 saturated carbocycles. The molecule has 0 radical (unpaired) electrons. The van der Waals surface area contributed by atoms with Crippen LogP contribution in [0, 0.1) is 0 Å². The first kappa shape index (κ1) is 3.55. The molecule has 0 spiro atoms. The van der Waals surface area contributed by atoms with Gasteiger partial charge in [0.15, 0.2) is 0 Å². The molecule has 6 heavy (non-hydrogen) atoms. The van der Waals surface area contributed by atoms with Crippen molar-refractivity contribution >= 4 is 16.7 Å². The van der Waals surface area contributed by atoms with Gasteiger partial charge in [-0.15, -0.1) is 0 Å². The van der Waals surface area contributed by atoms with Crippen LogP contribution in [0.1, 0.15) is 0 Å². The van der Waals surface area contributed by atoms with E-state index in [4.69, 9.17) is 5.73 Å². The summed E-state index contributed by atoms with van der Waals surface area (Å²) in [5.41, 5.74) is 5.18. The van der Waals surface area contributed by atoms with Gasteiger partial charge in [-0.05, 0) is 4.37 Å². The third-order valence-electron chi connectivity index (χ3n) is 0.411. The van der Waals surface area contributed by atoms with Gasteiger partial charge in [-0.1, -0.05) is 0 Å². The van der Waals surface area contributed by atoms with Crippen LogP contribution in [0.4, 0.5) is 5.13 Å². The van der Waals surface area contributed by atoms with Crippen molar-refractivity contribution in [3.05, 3.63) is 6.33 Å². The van der Waals surface area contributed by atoms with Gasteiger partial charge < -0.3 is 5.73 Å². The van der Waals surface area contributed by atoms with Crippen LogP contribution in [0.5, 0.6) is 0 Å². The van der Waals surface area contributed by atoms with E-state index in [2.05, 4.69) is 9.36 Å². The minimum absolute atomic E-state index is 0.648. The molecule has 0 amide bonds. The Bertz CT molecular complexity index is 112. The molecule has 1 aromatic heterocycles. The molecular formula is C2H4N3S+. The van der Waals surface area contributed by atoms with Gasteiger partial charge in [-0.25, -0.2) is 4.98 Å². The number of nitrogen functional groups attached to an aromatic ring is 1. The second kappa shape index (κ2) is 1.22. The maximum Gasteiger partial charge on any atom is 0.308 e. The summed E-state index contributed by atoms with van der Waals surface area (Å²) in [7, 11) is 0. The van der Waals surface area contributed by atoms with E-state index < -0.39 is 0 Å². The zero-order valence-corrected chi connectivity index (χ0v) is 3.83. The first-order valence-corrected chi connectivity index (χ1v) is 2.25. The van der Waals surface area contributed by atoms with Crippen LogP contribution in [-0.2, 0) is 0 Å². The van der Waals surface area contributed by atoms with Crippen molar-refractivity contribution in [3.63, 3.8) is 0 Å². The van der Waals surface area contributed by atoms with Crippen molar-refractivity contribution in [1.82, 2.24) is 4.37 Å². The lowest BCUT2D eigenvalue weighted by Crippen LogP contribution is -2.00. The Balaban J connectivity index is 3.05. The normalized spacial score (nSPS) is 8.67. The van der Waals surface area contributed by atoms with Crippen molar-refractivity contribution in [3.8, 4) is 0 Å². The van der Waals surface area contributed by atoms with Gasteiger partial charge in [-0.3, -0.25) is 0 Å². The van der Waals surface area contributed by atoms with Crippen molar-refractivity contribution in [2.24, 2.45) is 0 Å². The predicted molar refractivity (Wildman–Crippen MR) is 23.1 cm³/mol. The van der Waals surface area contributed by atoms with E-state index in [-0.39, 0.29) is 0 Å². The Kier molecular flexibility index (Phi) is 0.719. The zero-order chi connectivity index (χ0) is 4.41. The number of aromatic nitrogens is 2. The fraction of sp³-hybridized carbons (Fsp3) is 0. The summed E-state index contributed by atoms with van der Waals surface area (Å²) in [4.78, 5) is 2.69. The molecule has 0 unspecified atom stereocenters. The highest BCUT2D eigenvalue weighted by molar-refractivity contribution is 7.08. The van der Waals surface area contributed by atoms with Gasteiger partial charge in [-0.2, -0.15) is 0 Å². The van der Waals surface area contributed by atoms with Crippen molar-refractivity contribution in [2.75, 3.05) is 5.73 Å². The molecule has 0 aliphatic carbocycles.